The molecule has 0 radical (unpaired) electrons. The fourth-order valence-electron chi connectivity index (χ4n) is 2.34. The summed E-state index contributed by atoms with van der Waals surface area (Å²) in [5.74, 6) is 1.62. The molecule has 2 nitrogen and oxygen atoms in total. The zero-order valence-electron chi connectivity index (χ0n) is 10.7. The maximum absolute atomic E-state index is 6.13. The Labute approximate surface area is 105 Å². The van der Waals surface area contributed by atoms with Crippen molar-refractivity contribution < 1.29 is 4.74 Å². The first-order valence-corrected chi connectivity index (χ1v) is 7.14. The van der Waals surface area contributed by atoms with Crippen molar-refractivity contribution in [2.45, 2.75) is 51.5 Å². The molecular formula is C13H26ClNO. The van der Waals surface area contributed by atoms with Crippen LogP contribution in [-0.2, 0) is 4.74 Å². The minimum atomic E-state index is 0.209. The summed E-state index contributed by atoms with van der Waals surface area (Å²) < 4.78 is 5.33. The van der Waals surface area contributed by atoms with Gasteiger partial charge in [-0.2, -0.15) is 0 Å². The zero-order chi connectivity index (χ0) is 11.9. The Morgan fingerprint density at radius 1 is 1.38 bits per heavy atom. The van der Waals surface area contributed by atoms with Crippen LogP contribution in [-0.4, -0.2) is 31.2 Å². The molecule has 1 saturated carbocycles. The van der Waals surface area contributed by atoms with Gasteiger partial charge in [0.1, 0.15) is 0 Å². The fraction of sp³-hybridized carbons (Fsp3) is 1.00. The summed E-state index contributed by atoms with van der Waals surface area (Å²) in [6, 6.07) is 0. The molecule has 1 rings (SSSR count). The highest BCUT2D eigenvalue weighted by Crippen LogP contribution is 2.32. The summed E-state index contributed by atoms with van der Waals surface area (Å²) in [6.45, 7) is 7.08. The topological polar surface area (TPSA) is 21.3 Å². The second-order valence-corrected chi connectivity index (χ2v) is 5.34. The summed E-state index contributed by atoms with van der Waals surface area (Å²) >= 11 is 6.13. The second kappa shape index (κ2) is 7.52. The fourth-order valence-corrected chi connectivity index (χ4v) is 2.71. The van der Waals surface area contributed by atoms with Crippen LogP contribution in [0.25, 0.3) is 0 Å². The van der Waals surface area contributed by atoms with Crippen LogP contribution < -0.4 is 5.32 Å². The van der Waals surface area contributed by atoms with Gasteiger partial charge in [0.25, 0.3) is 0 Å². The molecule has 96 valence electrons. The van der Waals surface area contributed by atoms with Crippen molar-refractivity contribution in [3.8, 4) is 0 Å². The first-order valence-electron chi connectivity index (χ1n) is 6.61. The molecule has 1 N–H and O–H groups in total. The van der Waals surface area contributed by atoms with Gasteiger partial charge < -0.3 is 10.1 Å². The molecule has 0 bridgehead atoms. The lowest BCUT2D eigenvalue weighted by atomic mass is 9.78. The van der Waals surface area contributed by atoms with Crippen molar-refractivity contribution >= 4 is 11.6 Å². The summed E-state index contributed by atoms with van der Waals surface area (Å²) in [4.78, 5) is 0. The zero-order valence-corrected chi connectivity index (χ0v) is 11.5. The van der Waals surface area contributed by atoms with Crippen LogP contribution in [0.3, 0.4) is 0 Å². The summed E-state index contributed by atoms with van der Waals surface area (Å²) in [5, 5.41) is 3.65. The number of rotatable bonds is 7. The van der Waals surface area contributed by atoms with Gasteiger partial charge >= 0.3 is 0 Å². The van der Waals surface area contributed by atoms with Crippen molar-refractivity contribution in [3.05, 3.63) is 0 Å². The Balaban J connectivity index is 2.20. The van der Waals surface area contributed by atoms with E-state index < -0.39 is 0 Å². The van der Waals surface area contributed by atoms with E-state index in [0.29, 0.717) is 0 Å². The number of hydrogen-bond donors (Lipinski definition) is 1. The highest BCUT2D eigenvalue weighted by molar-refractivity contribution is 6.18. The Bertz CT molecular complexity index is 179. The van der Waals surface area contributed by atoms with Crippen molar-refractivity contribution in [3.63, 3.8) is 0 Å². The molecule has 3 heteroatoms. The van der Waals surface area contributed by atoms with Gasteiger partial charge in [0.15, 0.2) is 0 Å². The molecular weight excluding hydrogens is 222 g/mol. The normalized spacial score (nSPS) is 30.6. The molecule has 0 aliphatic heterocycles. The summed E-state index contributed by atoms with van der Waals surface area (Å²) in [6.07, 6.45) is 6.16. The SMILES string of the molecule is CCOCCCNC1(CCl)CCC(C)CC1. The molecule has 0 aromatic rings. The molecule has 16 heavy (non-hydrogen) atoms. The van der Waals surface area contributed by atoms with Crippen LogP contribution in [0.2, 0.25) is 0 Å². The monoisotopic (exact) mass is 247 g/mol. The quantitative estimate of drug-likeness (QED) is 0.551. The van der Waals surface area contributed by atoms with Gasteiger partial charge in [-0.05, 0) is 51.5 Å². The van der Waals surface area contributed by atoms with Gasteiger partial charge in [0.05, 0.1) is 0 Å². The second-order valence-electron chi connectivity index (χ2n) is 5.07. The Kier molecular flexibility index (Phi) is 6.71. The Hall–Kier alpha value is 0.210. The molecule has 0 unspecified atom stereocenters. The maximum Gasteiger partial charge on any atom is 0.0477 e. The molecule has 1 aliphatic rings. The van der Waals surface area contributed by atoms with E-state index >= 15 is 0 Å². The van der Waals surface area contributed by atoms with E-state index in [1.807, 2.05) is 6.92 Å². The summed E-state index contributed by atoms with van der Waals surface area (Å²) in [7, 11) is 0. The van der Waals surface area contributed by atoms with Crippen LogP contribution in [0.5, 0.6) is 0 Å². The highest BCUT2D eigenvalue weighted by Gasteiger charge is 2.32. The minimum Gasteiger partial charge on any atom is -0.382 e. The van der Waals surface area contributed by atoms with Crippen molar-refractivity contribution in [2.75, 3.05) is 25.6 Å². The lowest BCUT2D eigenvalue weighted by molar-refractivity contribution is 0.139. The smallest absolute Gasteiger partial charge is 0.0477 e. The van der Waals surface area contributed by atoms with E-state index in [1.165, 1.54) is 25.7 Å². The lowest BCUT2D eigenvalue weighted by Gasteiger charge is -2.39. The third kappa shape index (κ3) is 4.60. The molecule has 0 heterocycles. The molecule has 1 aliphatic carbocycles. The van der Waals surface area contributed by atoms with Gasteiger partial charge in [-0.25, -0.2) is 0 Å². The lowest BCUT2D eigenvalue weighted by Crippen LogP contribution is -2.49. The number of alkyl halides is 1. The molecule has 0 saturated heterocycles. The van der Waals surface area contributed by atoms with Crippen LogP contribution in [0, 0.1) is 5.92 Å². The van der Waals surface area contributed by atoms with E-state index in [0.717, 1.165) is 38.0 Å². The van der Waals surface area contributed by atoms with Gasteiger partial charge in [0.2, 0.25) is 0 Å². The van der Waals surface area contributed by atoms with Gasteiger partial charge in [0, 0.05) is 24.6 Å². The molecule has 0 amide bonds. The van der Waals surface area contributed by atoms with E-state index in [-0.39, 0.29) is 5.54 Å². The Morgan fingerprint density at radius 3 is 2.62 bits per heavy atom. The number of nitrogens with one attached hydrogen (secondary N) is 1. The van der Waals surface area contributed by atoms with Gasteiger partial charge in [-0.15, -0.1) is 11.6 Å². The molecule has 0 spiro atoms. The largest absolute Gasteiger partial charge is 0.382 e. The molecule has 0 aromatic heterocycles. The van der Waals surface area contributed by atoms with Gasteiger partial charge in [-0.3, -0.25) is 0 Å². The number of ether oxygens (including phenoxy) is 1. The third-order valence-corrected chi connectivity index (χ3v) is 4.17. The van der Waals surface area contributed by atoms with Crippen molar-refractivity contribution in [1.82, 2.24) is 5.32 Å². The highest BCUT2D eigenvalue weighted by atomic mass is 35.5. The number of halogens is 1. The molecule has 1 fully saturated rings. The van der Waals surface area contributed by atoms with Crippen LogP contribution in [0.15, 0.2) is 0 Å². The average molecular weight is 248 g/mol. The standard InChI is InChI=1S/C13H26ClNO/c1-3-16-10-4-9-15-13(11-14)7-5-12(2)6-8-13/h12,15H,3-11H2,1-2H3. The van der Waals surface area contributed by atoms with E-state index in [1.54, 1.807) is 0 Å². The minimum absolute atomic E-state index is 0.209. The van der Waals surface area contributed by atoms with Crippen LogP contribution in [0.4, 0.5) is 0 Å². The Morgan fingerprint density at radius 2 is 2.06 bits per heavy atom. The first kappa shape index (κ1) is 14.3. The van der Waals surface area contributed by atoms with Gasteiger partial charge in [-0.1, -0.05) is 6.92 Å². The van der Waals surface area contributed by atoms with Crippen molar-refractivity contribution in [2.24, 2.45) is 5.92 Å². The van der Waals surface area contributed by atoms with E-state index in [2.05, 4.69) is 12.2 Å². The maximum atomic E-state index is 6.13. The predicted molar refractivity (Wildman–Crippen MR) is 70.2 cm³/mol. The van der Waals surface area contributed by atoms with Crippen LogP contribution >= 0.6 is 11.6 Å². The van der Waals surface area contributed by atoms with Crippen LogP contribution in [0.1, 0.15) is 46.0 Å². The number of hydrogen-bond acceptors (Lipinski definition) is 2. The van der Waals surface area contributed by atoms with Crippen molar-refractivity contribution in [1.29, 1.82) is 0 Å². The average Bonchev–Trinajstić information content (AvgIpc) is 2.32. The van der Waals surface area contributed by atoms with E-state index in [9.17, 15) is 0 Å². The first-order chi connectivity index (χ1) is 7.72. The molecule has 0 aromatic carbocycles. The third-order valence-electron chi connectivity index (χ3n) is 3.66. The summed E-state index contributed by atoms with van der Waals surface area (Å²) in [5.41, 5.74) is 0.209. The molecule has 0 atom stereocenters. The van der Waals surface area contributed by atoms with E-state index in [4.69, 9.17) is 16.3 Å². The predicted octanol–water partition coefficient (Wildman–Crippen LogP) is 3.19.